The smallest absolute Gasteiger partial charge is 0.252 e. The van der Waals surface area contributed by atoms with Crippen LogP contribution in [0.25, 0.3) is 0 Å². The Morgan fingerprint density at radius 3 is 2.96 bits per heavy atom. The molecule has 6 heteroatoms. The maximum Gasteiger partial charge on any atom is 0.252 e. The molecule has 0 radical (unpaired) electrons. The van der Waals surface area contributed by atoms with Crippen molar-refractivity contribution in [3.05, 3.63) is 55.4 Å². The summed E-state index contributed by atoms with van der Waals surface area (Å²) in [6.07, 6.45) is 6.66. The fraction of sp³-hybridized carbons (Fsp3) is 0.333. The van der Waals surface area contributed by atoms with Gasteiger partial charge < -0.3 is 15.4 Å². The van der Waals surface area contributed by atoms with Crippen LogP contribution in [-0.4, -0.2) is 35.4 Å². The van der Waals surface area contributed by atoms with E-state index >= 15 is 0 Å². The van der Waals surface area contributed by atoms with E-state index in [1.807, 2.05) is 36.5 Å². The molecule has 1 saturated heterocycles. The van der Waals surface area contributed by atoms with E-state index in [1.165, 1.54) is 0 Å². The van der Waals surface area contributed by atoms with Crippen molar-refractivity contribution in [2.75, 3.05) is 25.0 Å². The van der Waals surface area contributed by atoms with E-state index < -0.39 is 5.54 Å². The maximum absolute atomic E-state index is 13.1. The quantitative estimate of drug-likeness (QED) is 0.798. The second-order valence-corrected chi connectivity index (χ2v) is 5.81. The molecule has 6 nitrogen and oxygen atoms in total. The molecule has 0 atom stereocenters. The molecule has 1 fully saturated rings. The number of carbonyl (C=O) groups excluding carboxylic acids is 1. The number of aromatic nitrogens is 2. The third-order valence-electron chi connectivity index (χ3n) is 4.26. The zero-order valence-corrected chi connectivity index (χ0v) is 13.6. The van der Waals surface area contributed by atoms with Crippen molar-refractivity contribution in [2.24, 2.45) is 0 Å². The molecule has 24 heavy (non-hydrogen) atoms. The molecule has 1 aromatic heterocycles. The lowest BCUT2D eigenvalue weighted by molar-refractivity contribution is -0.126. The number of hydrogen-bond acceptors (Lipinski definition) is 4. The van der Waals surface area contributed by atoms with Gasteiger partial charge in [-0.25, -0.2) is 0 Å². The van der Waals surface area contributed by atoms with Crippen LogP contribution in [0, 0.1) is 0 Å². The van der Waals surface area contributed by atoms with Gasteiger partial charge in [0.2, 0.25) is 0 Å². The van der Waals surface area contributed by atoms with Crippen molar-refractivity contribution < 1.29 is 9.53 Å². The van der Waals surface area contributed by atoms with Crippen LogP contribution in [0.1, 0.15) is 12.8 Å². The van der Waals surface area contributed by atoms with Crippen molar-refractivity contribution in [3.8, 4) is 5.75 Å². The number of rotatable bonds is 6. The summed E-state index contributed by atoms with van der Waals surface area (Å²) in [7, 11) is 0. The number of anilines is 1. The van der Waals surface area contributed by atoms with Crippen LogP contribution >= 0.6 is 0 Å². The number of carbonyl (C=O) groups is 1. The lowest BCUT2D eigenvalue weighted by Gasteiger charge is -2.36. The molecule has 1 aliphatic rings. The highest BCUT2D eigenvalue weighted by atomic mass is 16.5. The van der Waals surface area contributed by atoms with Gasteiger partial charge in [0.15, 0.2) is 0 Å². The molecule has 0 bridgehead atoms. The van der Waals surface area contributed by atoms with E-state index in [4.69, 9.17) is 4.74 Å². The maximum atomic E-state index is 13.1. The van der Waals surface area contributed by atoms with Crippen molar-refractivity contribution in [1.29, 1.82) is 0 Å². The summed E-state index contributed by atoms with van der Waals surface area (Å²) in [5.74, 6) is 0.653. The van der Waals surface area contributed by atoms with E-state index in [0.29, 0.717) is 30.9 Å². The Kier molecular flexibility index (Phi) is 4.96. The average molecular weight is 326 g/mol. The second-order valence-electron chi connectivity index (χ2n) is 5.81. The first-order chi connectivity index (χ1) is 11.7. The van der Waals surface area contributed by atoms with E-state index in [-0.39, 0.29) is 5.91 Å². The van der Waals surface area contributed by atoms with Gasteiger partial charge in [0.05, 0.1) is 0 Å². The van der Waals surface area contributed by atoms with Crippen molar-refractivity contribution in [1.82, 2.24) is 15.1 Å². The van der Waals surface area contributed by atoms with Crippen molar-refractivity contribution >= 4 is 11.6 Å². The molecule has 0 saturated carbocycles. The molecule has 0 unspecified atom stereocenters. The molecule has 3 rings (SSSR count). The molecule has 0 spiro atoms. The fourth-order valence-electron chi connectivity index (χ4n) is 2.99. The summed E-state index contributed by atoms with van der Waals surface area (Å²) in [6.45, 7) is 5.64. The highest BCUT2D eigenvalue weighted by molar-refractivity contribution is 5.96. The summed E-state index contributed by atoms with van der Waals surface area (Å²) in [5.41, 5.74) is 0.0545. The highest BCUT2D eigenvalue weighted by Crippen LogP contribution is 2.29. The molecular weight excluding hydrogens is 304 g/mol. The minimum atomic E-state index is -0.660. The normalized spacial score (nSPS) is 16.3. The Bertz CT molecular complexity index is 691. The molecule has 1 amide bonds. The Labute approximate surface area is 141 Å². The Balaban J connectivity index is 1.80. The van der Waals surface area contributed by atoms with Gasteiger partial charge in [-0.05, 0) is 44.1 Å². The number of amides is 1. The average Bonchev–Trinajstić information content (AvgIpc) is 3.16. The zero-order chi connectivity index (χ0) is 16.8. The largest absolute Gasteiger partial charge is 0.489 e. The Hall–Kier alpha value is -2.60. The van der Waals surface area contributed by atoms with Crippen LogP contribution in [-0.2, 0) is 10.3 Å². The molecule has 1 aromatic carbocycles. The minimum Gasteiger partial charge on any atom is -0.489 e. The fourth-order valence-corrected chi connectivity index (χ4v) is 2.99. The van der Waals surface area contributed by atoms with Gasteiger partial charge in [-0.1, -0.05) is 18.7 Å². The monoisotopic (exact) mass is 326 g/mol. The Morgan fingerprint density at radius 2 is 2.25 bits per heavy atom. The first kappa shape index (κ1) is 16.3. The second kappa shape index (κ2) is 7.31. The lowest BCUT2D eigenvalue weighted by atomic mass is 9.87. The van der Waals surface area contributed by atoms with Gasteiger partial charge in [-0.3, -0.25) is 9.48 Å². The number of ether oxygens (including phenoxy) is 1. The molecule has 2 heterocycles. The zero-order valence-electron chi connectivity index (χ0n) is 13.6. The van der Waals surface area contributed by atoms with Crippen molar-refractivity contribution in [2.45, 2.75) is 18.4 Å². The van der Waals surface area contributed by atoms with Crippen LogP contribution in [0.15, 0.2) is 55.4 Å². The summed E-state index contributed by atoms with van der Waals surface area (Å²) in [6, 6.07) is 9.24. The topological polar surface area (TPSA) is 68.2 Å². The van der Waals surface area contributed by atoms with E-state index in [2.05, 4.69) is 22.3 Å². The van der Waals surface area contributed by atoms with E-state index in [9.17, 15) is 4.79 Å². The van der Waals surface area contributed by atoms with Crippen molar-refractivity contribution in [3.63, 3.8) is 0 Å². The summed E-state index contributed by atoms with van der Waals surface area (Å²) in [4.78, 5) is 13.1. The Morgan fingerprint density at radius 1 is 1.42 bits per heavy atom. The van der Waals surface area contributed by atoms with Crippen LogP contribution in [0.4, 0.5) is 5.69 Å². The highest BCUT2D eigenvalue weighted by Gasteiger charge is 2.42. The first-order valence-electron chi connectivity index (χ1n) is 8.11. The number of nitrogens with zero attached hydrogens (tertiary/aromatic N) is 2. The summed E-state index contributed by atoms with van der Waals surface area (Å²) < 4.78 is 7.30. The number of nitrogens with one attached hydrogen (secondary N) is 2. The molecule has 2 aromatic rings. The number of piperidine rings is 1. The van der Waals surface area contributed by atoms with E-state index in [1.54, 1.807) is 17.0 Å². The number of benzene rings is 1. The predicted molar refractivity (Wildman–Crippen MR) is 93.1 cm³/mol. The molecule has 0 aliphatic carbocycles. The summed E-state index contributed by atoms with van der Waals surface area (Å²) in [5, 5.41) is 10.7. The van der Waals surface area contributed by atoms with Gasteiger partial charge >= 0.3 is 0 Å². The van der Waals surface area contributed by atoms with E-state index in [0.717, 1.165) is 13.1 Å². The number of hydrogen-bond donors (Lipinski definition) is 2. The van der Waals surface area contributed by atoms with Crippen LogP contribution in [0.5, 0.6) is 5.75 Å². The summed E-state index contributed by atoms with van der Waals surface area (Å²) >= 11 is 0. The molecule has 1 aliphatic heterocycles. The van der Waals surface area contributed by atoms with Gasteiger partial charge in [0.25, 0.3) is 5.91 Å². The SMILES string of the molecule is C=CCOc1cccc(NC(=O)C2(n3cccn3)CCNCC2)c1. The van der Waals surface area contributed by atoms with Gasteiger partial charge in [0.1, 0.15) is 17.9 Å². The van der Waals surface area contributed by atoms with Crippen LogP contribution in [0.3, 0.4) is 0 Å². The molecule has 2 N–H and O–H groups in total. The third kappa shape index (κ3) is 3.33. The van der Waals surface area contributed by atoms with Crippen LogP contribution < -0.4 is 15.4 Å². The minimum absolute atomic E-state index is 0.0476. The lowest BCUT2D eigenvalue weighted by Crippen LogP contribution is -2.52. The van der Waals surface area contributed by atoms with Crippen LogP contribution in [0.2, 0.25) is 0 Å². The van der Waals surface area contributed by atoms with Gasteiger partial charge in [-0.2, -0.15) is 5.10 Å². The standard InChI is InChI=1S/C18H22N4O2/c1-2-13-24-16-6-3-5-15(14-16)21-17(23)18(7-10-19-11-8-18)22-12-4-9-20-22/h2-6,9,12,14,19H,1,7-8,10-11,13H2,(H,21,23). The first-order valence-corrected chi connectivity index (χ1v) is 8.11. The molecule has 126 valence electrons. The third-order valence-corrected chi connectivity index (χ3v) is 4.26. The predicted octanol–water partition coefficient (Wildman–Crippen LogP) is 2.17. The van der Waals surface area contributed by atoms with Gasteiger partial charge in [-0.15, -0.1) is 0 Å². The van der Waals surface area contributed by atoms with Gasteiger partial charge in [0, 0.05) is 24.1 Å². The molecular formula is C18H22N4O2.